The topological polar surface area (TPSA) is 68.5 Å². The number of aliphatic carboxylic acids is 1. The van der Waals surface area contributed by atoms with Gasteiger partial charge >= 0.3 is 5.97 Å². The average molecular weight is 450 g/mol. The second-order valence-corrected chi connectivity index (χ2v) is 9.15. The molecule has 0 unspecified atom stereocenters. The largest absolute Gasteiger partial charge is 0.488 e. The highest BCUT2D eigenvalue weighted by molar-refractivity contribution is 5.66. The van der Waals surface area contributed by atoms with Gasteiger partial charge in [0.15, 0.2) is 5.75 Å². The second kappa shape index (κ2) is 18.8. The molecule has 0 aromatic carbocycles. The van der Waals surface area contributed by atoms with E-state index in [4.69, 9.17) is 9.84 Å². The zero-order chi connectivity index (χ0) is 23.4. The van der Waals surface area contributed by atoms with E-state index >= 15 is 0 Å². The van der Waals surface area contributed by atoms with Gasteiger partial charge in [-0.3, -0.25) is 9.59 Å². The number of carbonyl (C=O) groups is 1. The summed E-state index contributed by atoms with van der Waals surface area (Å²) >= 11 is 0. The summed E-state index contributed by atoms with van der Waals surface area (Å²) in [5.41, 5.74) is 0.548. The van der Waals surface area contributed by atoms with Crippen LogP contribution in [0.3, 0.4) is 0 Å². The molecule has 0 saturated heterocycles. The summed E-state index contributed by atoms with van der Waals surface area (Å²) in [6.07, 6.45) is 23.4. The smallest absolute Gasteiger partial charge is 0.303 e. The van der Waals surface area contributed by atoms with Crippen LogP contribution in [0.4, 0.5) is 0 Å². The standard InChI is InChI=1S/C27H47NO4/c1-3-4-5-6-7-8-9-10-11-12-13-14-15-16-17-18-21-32-26-23-28(2)24(22-25(26)29)19-20-27(30)31/h22-23H,3-21H2,1-2H3,(H,30,31). The van der Waals surface area contributed by atoms with Crippen LogP contribution in [-0.4, -0.2) is 22.2 Å². The molecule has 0 atom stereocenters. The summed E-state index contributed by atoms with van der Waals surface area (Å²) in [6, 6.07) is 1.49. The number of carboxylic acids is 1. The lowest BCUT2D eigenvalue weighted by Crippen LogP contribution is -2.15. The molecule has 5 heteroatoms. The van der Waals surface area contributed by atoms with Crippen molar-refractivity contribution in [1.29, 1.82) is 0 Å². The molecule has 0 amide bonds. The maximum absolute atomic E-state index is 12.2. The van der Waals surface area contributed by atoms with Gasteiger partial charge in [-0.1, -0.05) is 103 Å². The van der Waals surface area contributed by atoms with Crippen LogP contribution >= 0.6 is 0 Å². The molecule has 0 radical (unpaired) electrons. The minimum atomic E-state index is -0.860. The molecule has 32 heavy (non-hydrogen) atoms. The quantitative estimate of drug-likeness (QED) is 0.204. The Morgan fingerprint density at radius 1 is 0.844 bits per heavy atom. The van der Waals surface area contributed by atoms with E-state index in [1.807, 2.05) is 7.05 Å². The summed E-state index contributed by atoms with van der Waals surface area (Å²) in [5.74, 6) is -0.506. The lowest BCUT2D eigenvalue weighted by atomic mass is 10.0. The van der Waals surface area contributed by atoms with E-state index in [-0.39, 0.29) is 11.8 Å². The summed E-state index contributed by atoms with van der Waals surface area (Å²) in [4.78, 5) is 22.9. The third kappa shape index (κ3) is 14.3. The third-order valence-electron chi connectivity index (χ3n) is 6.15. The first kappa shape index (κ1) is 28.3. The van der Waals surface area contributed by atoms with Crippen molar-refractivity contribution in [3.05, 3.63) is 28.2 Å². The number of aryl methyl sites for hydroxylation is 2. The van der Waals surface area contributed by atoms with Crippen molar-refractivity contribution >= 4 is 5.97 Å². The van der Waals surface area contributed by atoms with Crippen molar-refractivity contribution in [3.8, 4) is 5.75 Å². The second-order valence-electron chi connectivity index (χ2n) is 9.15. The molecule has 1 aromatic heterocycles. The fourth-order valence-electron chi connectivity index (χ4n) is 4.07. The van der Waals surface area contributed by atoms with Gasteiger partial charge in [-0.2, -0.15) is 0 Å². The molecule has 0 saturated carbocycles. The van der Waals surface area contributed by atoms with E-state index < -0.39 is 5.97 Å². The lowest BCUT2D eigenvalue weighted by molar-refractivity contribution is -0.136. The minimum absolute atomic E-state index is 0.0205. The minimum Gasteiger partial charge on any atom is -0.488 e. The SMILES string of the molecule is CCCCCCCCCCCCCCCCCCOc1cn(C)c(CCC(=O)O)cc1=O. The molecule has 0 aliphatic heterocycles. The van der Waals surface area contributed by atoms with E-state index in [2.05, 4.69) is 6.92 Å². The van der Waals surface area contributed by atoms with Gasteiger partial charge in [-0.15, -0.1) is 0 Å². The van der Waals surface area contributed by atoms with Gasteiger partial charge in [0.2, 0.25) is 5.43 Å². The van der Waals surface area contributed by atoms with Crippen molar-refractivity contribution in [1.82, 2.24) is 4.57 Å². The van der Waals surface area contributed by atoms with Crippen LogP contribution in [0.5, 0.6) is 5.75 Å². The number of unbranched alkanes of at least 4 members (excludes halogenated alkanes) is 15. The Balaban J connectivity index is 1.96. The summed E-state index contributed by atoms with van der Waals surface area (Å²) in [6.45, 7) is 2.83. The average Bonchev–Trinajstić information content (AvgIpc) is 2.76. The highest BCUT2D eigenvalue weighted by Crippen LogP contribution is 2.14. The maximum atomic E-state index is 12.2. The molecule has 1 N–H and O–H groups in total. The molecular formula is C27H47NO4. The van der Waals surface area contributed by atoms with Crippen LogP contribution in [0.15, 0.2) is 17.1 Å². The van der Waals surface area contributed by atoms with Crippen LogP contribution in [0, 0.1) is 0 Å². The molecule has 1 aromatic rings. The maximum Gasteiger partial charge on any atom is 0.303 e. The predicted molar refractivity (Wildman–Crippen MR) is 133 cm³/mol. The van der Waals surface area contributed by atoms with Crippen molar-refractivity contribution in [2.24, 2.45) is 7.05 Å². The van der Waals surface area contributed by atoms with Gasteiger partial charge in [0.25, 0.3) is 0 Å². The van der Waals surface area contributed by atoms with Gasteiger partial charge in [0.1, 0.15) is 0 Å². The summed E-state index contributed by atoms with van der Waals surface area (Å²) in [7, 11) is 1.82. The molecular weight excluding hydrogens is 402 g/mol. The number of nitrogens with zero attached hydrogens (tertiary/aromatic N) is 1. The van der Waals surface area contributed by atoms with Gasteiger partial charge in [-0.25, -0.2) is 0 Å². The molecule has 0 spiro atoms. The Bertz CT molecular complexity index is 668. The van der Waals surface area contributed by atoms with Crippen LogP contribution in [-0.2, 0) is 18.3 Å². The number of ether oxygens (including phenoxy) is 1. The van der Waals surface area contributed by atoms with E-state index in [9.17, 15) is 9.59 Å². The highest BCUT2D eigenvalue weighted by atomic mass is 16.5. The predicted octanol–water partition coefficient (Wildman–Crippen LogP) is 7.04. The van der Waals surface area contributed by atoms with Crippen molar-refractivity contribution in [2.45, 2.75) is 122 Å². The Kier molecular flexibility index (Phi) is 16.6. The van der Waals surface area contributed by atoms with Crippen molar-refractivity contribution < 1.29 is 14.6 Å². The molecule has 0 bridgehead atoms. The molecule has 0 aliphatic carbocycles. The first-order valence-electron chi connectivity index (χ1n) is 13.1. The van der Waals surface area contributed by atoms with E-state index in [0.717, 1.165) is 12.8 Å². The lowest BCUT2D eigenvalue weighted by Gasteiger charge is -2.11. The van der Waals surface area contributed by atoms with Crippen LogP contribution in [0.25, 0.3) is 0 Å². The van der Waals surface area contributed by atoms with Crippen molar-refractivity contribution in [3.63, 3.8) is 0 Å². The number of hydrogen-bond acceptors (Lipinski definition) is 3. The van der Waals surface area contributed by atoms with Crippen LogP contribution in [0.2, 0.25) is 0 Å². The number of carboxylic acid groups (broad SMARTS) is 1. The van der Waals surface area contributed by atoms with E-state index in [1.54, 1.807) is 10.8 Å². The van der Waals surface area contributed by atoms with Gasteiger partial charge in [0.05, 0.1) is 13.0 Å². The van der Waals surface area contributed by atoms with Crippen LogP contribution in [0.1, 0.15) is 122 Å². The normalized spacial score (nSPS) is 11.1. The zero-order valence-corrected chi connectivity index (χ0v) is 20.7. The Labute approximate surface area is 195 Å². The third-order valence-corrected chi connectivity index (χ3v) is 6.15. The highest BCUT2D eigenvalue weighted by Gasteiger charge is 2.07. The molecule has 1 heterocycles. The van der Waals surface area contributed by atoms with E-state index in [0.29, 0.717) is 24.5 Å². The number of rotatable bonds is 21. The van der Waals surface area contributed by atoms with Gasteiger partial charge in [0, 0.05) is 25.0 Å². The first-order valence-corrected chi connectivity index (χ1v) is 13.1. The molecule has 1 rings (SSSR count). The first-order chi connectivity index (χ1) is 15.5. The summed E-state index contributed by atoms with van der Waals surface area (Å²) in [5, 5.41) is 8.79. The van der Waals surface area contributed by atoms with Gasteiger partial charge < -0.3 is 14.4 Å². The molecule has 0 fully saturated rings. The zero-order valence-electron chi connectivity index (χ0n) is 20.7. The fourth-order valence-corrected chi connectivity index (χ4v) is 4.07. The molecule has 184 valence electrons. The van der Waals surface area contributed by atoms with Crippen molar-refractivity contribution in [2.75, 3.05) is 6.61 Å². The summed E-state index contributed by atoms with van der Waals surface area (Å²) < 4.78 is 7.45. The fraction of sp³-hybridized carbons (Fsp3) is 0.778. The Morgan fingerprint density at radius 2 is 1.31 bits per heavy atom. The number of pyridine rings is 1. The molecule has 5 nitrogen and oxygen atoms in total. The Hall–Kier alpha value is -1.78. The van der Waals surface area contributed by atoms with E-state index in [1.165, 1.54) is 96.0 Å². The number of hydrogen-bond donors (Lipinski definition) is 1. The molecule has 0 aliphatic rings. The van der Waals surface area contributed by atoms with Crippen LogP contribution < -0.4 is 10.2 Å². The van der Waals surface area contributed by atoms with Gasteiger partial charge in [-0.05, 0) is 12.8 Å². The monoisotopic (exact) mass is 449 g/mol. The Morgan fingerprint density at radius 3 is 1.78 bits per heavy atom. The number of aromatic nitrogens is 1.